The summed E-state index contributed by atoms with van der Waals surface area (Å²) in [5.74, 6) is -0.807. The van der Waals surface area contributed by atoms with Crippen molar-refractivity contribution in [1.29, 1.82) is 0 Å². The van der Waals surface area contributed by atoms with Crippen LogP contribution < -0.4 is 14.5 Å². The van der Waals surface area contributed by atoms with Crippen LogP contribution in [0.1, 0.15) is 21.5 Å². The van der Waals surface area contributed by atoms with Gasteiger partial charge in [0.1, 0.15) is 12.3 Å². The fourth-order valence-electron chi connectivity index (χ4n) is 3.30. The molecule has 0 radical (unpaired) electrons. The third kappa shape index (κ3) is 6.50. The van der Waals surface area contributed by atoms with Crippen LogP contribution in [0.4, 0.5) is 11.4 Å². The summed E-state index contributed by atoms with van der Waals surface area (Å²) in [6.07, 6.45) is 1.31. The molecule has 3 rings (SSSR count). The highest BCUT2D eigenvalue weighted by Crippen LogP contribution is 2.29. The first-order chi connectivity index (χ1) is 18.1. The molecule has 0 aliphatic carbocycles. The van der Waals surface area contributed by atoms with E-state index in [0.717, 1.165) is 10.4 Å². The van der Waals surface area contributed by atoms with Crippen LogP contribution in [0.25, 0.3) is 0 Å². The smallest absolute Gasteiger partial charge is 0.337 e. The topological polar surface area (TPSA) is 158 Å². The number of hydrazone groups is 1. The molecular weight excluding hydrogens is 516 g/mol. The van der Waals surface area contributed by atoms with Crippen LogP contribution in [0.3, 0.4) is 0 Å². The number of nitro groups is 1. The lowest BCUT2D eigenvalue weighted by atomic mass is 10.1. The molecule has 0 saturated heterocycles. The van der Waals surface area contributed by atoms with E-state index in [4.69, 9.17) is 4.74 Å². The van der Waals surface area contributed by atoms with E-state index in [-0.39, 0.29) is 21.8 Å². The molecular formula is C25H24N4O8S. The van der Waals surface area contributed by atoms with E-state index >= 15 is 0 Å². The van der Waals surface area contributed by atoms with E-state index in [1.165, 1.54) is 75.9 Å². The van der Waals surface area contributed by atoms with E-state index < -0.39 is 33.4 Å². The van der Waals surface area contributed by atoms with Crippen LogP contribution in [-0.2, 0) is 19.6 Å². The van der Waals surface area contributed by atoms with Gasteiger partial charge in [0, 0.05) is 11.6 Å². The molecule has 0 fully saturated rings. The van der Waals surface area contributed by atoms with Gasteiger partial charge in [-0.15, -0.1) is 0 Å². The molecule has 0 bridgehead atoms. The molecule has 198 valence electrons. The number of anilines is 1. The molecule has 13 heteroatoms. The number of esters is 1. The quantitative estimate of drug-likeness (QED) is 0.178. The second-order valence-electron chi connectivity index (χ2n) is 7.82. The zero-order valence-electron chi connectivity index (χ0n) is 20.7. The van der Waals surface area contributed by atoms with Crippen molar-refractivity contribution in [3.63, 3.8) is 0 Å². The summed E-state index contributed by atoms with van der Waals surface area (Å²) in [7, 11) is -1.69. The number of nitrogens with zero attached hydrogens (tertiary/aromatic N) is 3. The highest BCUT2D eigenvalue weighted by molar-refractivity contribution is 7.92. The van der Waals surface area contributed by atoms with E-state index in [1.54, 1.807) is 12.1 Å². The summed E-state index contributed by atoms with van der Waals surface area (Å²) in [6, 6.07) is 15.6. The van der Waals surface area contributed by atoms with Crippen LogP contribution in [0.15, 0.2) is 76.7 Å². The number of nitrogens with one attached hydrogen (secondary N) is 1. The van der Waals surface area contributed by atoms with Gasteiger partial charge in [0.15, 0.2) is 0 Å². The number of hydrogen-bond donors (Lipinski definition) is 1. The second kappa shape index (κ2) is 12.0. The van der Waals surface area contributed by atoms with Gasteiger partial charge in [0.25, 0.3) is 21.6 Å². The summed E-state index contributed by atoms with van der Waals surface area (Å²) in [4.78, 5) is 34.6. The molecule has 1 amide bonds. The van der Waals surface area contributed by atoms with Crippen molar-refractivity contribution in [3.8, 4) is 5.75 Å². The number of benzene rings is 3. The number of ether oxygens (including phenoxy) is 2. The van der Waals surface area contributed by atoms with Gasteiger partial charge in [0.05, 0.1) is 41.5 Å². The minimum Gasteiger partial charge on any atom is -0.497 e. The third-order valence-corrected chi connectivity index (χ3v) is 7.12. The van der Waals surface area contributed by atoms with E-state index in [1.807, 2.05) is 0 Å². The Morgan fingerprint density at radius 3 is 2.29 bits per heavy atom. The van der Waals surface area contributed by atoms with Crippen LogP contribution in [0.5, 0.6) is 5.75 Å². The van der Waals surface area contributed by atoms with E-state index in [0.29, 0.717) is 16.9 Å². The zero-order chi connectivity index (χ0) is 27.9. The van der Waals surface area contributed by atoms with E-state index in [9.17, 15) is 28.1 Å². The molecule has 0 atom stereocenters. The fraction of sp³-hybridized carbons (Fsp3) is 0.160. The first-order valence-electron chi connectivity index (χ1n) is 11.0. The Morgan fingerprint density at radius 1 is 1.05 bits per heavy atom. The molecule has 0 heterocycles. The number of nitro benzene ring substituents is 1. The number of aryl methyl sites for hydroxylation is 1. The molecule has 38 heavy (non-hydrogen) atoms. The Kier molecular flexibility index (Phi) is 8.76. The maximum atomic E-state index is 13.5. The summed E-state index contributed by atoms with van der Waals surface area (Å²) < 4.78 is 37.6. The zero-order valence-corrected chi connectivity index (χ0v) is 21.5. The average Bonchev–Trinajstić information content (AvgIpc) is 2.91. The molecule has 12 nitrogen and oxygen atoms in total. The number of sulfonamides is 1. The first kappa shape index (κ1) is 27.8. The number of carbonyl (C=O) groups excluding carboxylic acids is 2. The van der Waals surface area contributed by atoms with Crippen molar-refractivity contribution in [1.82, 2.24) is 5.43 Å². The van der Waals surface area contributed by atoms with Gasteiger partial charge in [-0.2, -0.15) is 5.10 Å². The normalized spacial score (nSPS) is 11.1. The van der Waals surface area contributed by atoms with Crippen molar-refractivity contribution in [2.45, 2.75) is 11.8 Å². The first-order valence-corrected chi connectivity index (χ1v) is 12.4. The number of amides is 1. The van der Waals surface area contributed by atoms with Gasteiger partial charge in [0.2, 0.25) is 0 Å². The van der Waals surface area contributed by atoms with E-state index in [2.05, 4.69) is 15.3 Å². The molecule has 1 N–H and O–H groups in total. The Balaban J connectivity index is 1.86. The Bertz CT molecular complexity index is 1470. The molecule has 0 saturated carbocycles. The SMILES string of the molecule is COC(=O)c1ccc(/C=N\NC(=O)CN(c2ccc(OC)cc2)S(=O)(=O)c2ccc(C)c([N+](=O)[O-])c2)cc1. The molecule has 0 spiro atoms. The predicted molar refractivity (Wildman–Crippen MR) is 139 cm³/mol. The highest BCUT2D eigenvalue weighted by Gasteiger charge is 2.29. The lowest BCUT2D eigenvalue weighted by Crippen LogP contribution is -2.39. The fourth-order valence-corrected chi connectivity index (χ4v) is 4.75. The maximum Gasteiger partial charge on any atom is 0.337 e. The highest BCUT2D eigenvalue weighted by atomic mass is 32.2. The van der Waals surface area contributed by atoms with Gasteiger partial charge in [-0.05, 0) is 55.0 Å². The average molecular weight is 541 g/mol. The van der Waals surface area contributed by atoms with Gasteiger partial charge in [-0.25, -0.2) is 18.6 Å². The third-order valence-electron chi connectivity index (χ3n) is 5.35. The van der Waals surface area contributed by atoms with Crippen molar-refractivity contribution >= 4 is 39.5 Å². The molecule has 0 aliphatic heterocycles. The Labute approximate surface area is 218 Å². The number of hydrogen-bond acceptors (Lipinski definition) is 9. The van der Waals surface area contributed by atoms with Crippen molar-refractivity contribution in [3.05, 3.63) is 93.5 Å². The molecule has 0 aliphatic rings. The van der Waals surface area contributed by atoms with Crippen molar-refractivity contribution < 1.29 is 32.4 Å². The lowest BCUT2D eigenvalue weighted by Gasteiger charge is -2.24. The van der Waals surface area contributed by atoms with Crippen LogP contribution >= 0.6 is 0 Å². The van der Waals surface area contributed by atoms with Crippen LogP contribution in [0, 0.1) is 17.0 Å². The maximum absolute atomic E-state index is 13.5. The minimum atomic E-state index is -4.40. The van der Waals surface area contributed by atoms with Gasteiger partial charge >= 0.3 is 5.97 Å². The number of rotatable bonds is 10. The standard InChI is InChI=1S/C25H24N4O8S/c1-17-4-13-22(14-23(17)29(32)33)38(34,35)28(20-9-11-21(36-2)12-10-20)16-24(30)27-26-15-18-5-7-19(8-6-18)25(31)37-3/h4-15H,16H2,1-3H3,(H,27,30)/b26-15-. The lowest BCUT2D eigenvalue weighted by molar-refractivity contribution is -0.385. The summed E-state index contributed by atoms with van der Waals surface area (Å²) in [5.41, 5.74) is 3.21. The summed E-state index contributed by atoms with van der Waals surface area (Å²) in [5, 5.41) is 15.2. The number of methoxy groups -OCH3 is 2. The minimum absolute atomic E-state index is 0.131. The second-order valence-corrected chi connectivity index (χ2v) is 9.68. The van der Waals surface area contributed by atoms with Crippen LogP contribution in [0.2, 0.25) is 0 Å². The molecule has 0 unspecified atom stereocenters. The van der Waals surface area contributed by atoms with Gasteiger partial charge < -0.3 is 9.47 Å². The largest absolute Gasteiger partial charge is 0.497 e. The predicted octanol–water partition coefficient (Wildman–Crippen LogP) is 3.04. The van der Waals surface area contributed by atoms with Crippen molar-refractivity contribution in [2.75, 3.05) is 25.1 Å². The molecule has 0 aromatic heterocycles. The Morgan fingerprint density at radius 2 is 1.71 bits per heavy atom. The number of carbonyl (C=O) groups is 2. The van der Waals surface area contributed by atoms with Crippen LogP contribution in [-0.4, -0.2) is 52.2 Å². The molecule has 3 aromatic carbocycles. The van der Waals surface area contributed by atoms with Gasteiger partial charge in [-0.1, -0.05) is 18.2 Å². The van der Waals surface area contributed by atoms with Gasteiger partial charge in [-0.3, -0.25) is 19.2 Å². The monoisotopic (exact) mass is 540 g/mol. The Hall–Kier alpha value is -4.78. The summed E-state index contributed by atoms with van der Waals surface area (Å²) >= 11 is 0. The van der Waals surface area contributed by atoms with Crippen molar-refractivity contribution in [2.24, 2.45) is 5.10 Å². The molecule has 3 aromatic rings. The summed E-state index contributed by atoms with van der Waals surface area (Å²) in [6.45, 7) is 0.819.